The van der Waals surface area contributed by atoms with Gasteiger partial charge >= 0.3 is 0 Å². The molecule has 2 heterocycles. The molecule has 3 rings (SSSR count). The van der Waals surface area contributed by atoms with Gasteiger partial charge in [0.25, 0.3) is 5.91 Å². The minimum absolute atomic E-state index is 0.0919. The van der Waals surface area contributed by atoms with Gasteiger partial charge in [-0.3, -0.25) is 4.79 Å². The van der Waals surface area contributed by atoms with Crippen molar-refractivity contribution in [1.29, 1.82) is 0 Å². The van der Waals surface area contributed by atoms with E-state index in [4.69, 9.17) is 4.84 Å². The first kappa shape index (κ1) is 17.7. The molecule has 2 aliphatic heterocycles. The van der Waals surface area contributed by atoms with Gasteiger partial charge in [-0.05, 0) is 78.1 Å². The van der Waals surface area contributed by atoms with Crippen LogP contribution in [0.25, 0.3) is 5.57 Å². The van der Waals surface area contributed by atoms with Crippen LogP contribution in [0, 0.1) is 17.4 Å². The smallest absolute Gasteiger partial charge is 0.258 e. The Morgan fingerprint density at radius 3 is 2.25 bits per heavy atom. The largest absolute Gasteiger partial charge is 0.509 e. The maximum Gasteiger partial charge on any atom is 0.258 e. The molecule has 24 heavy (non-hydrogen) atoms. The van der Waals surface area contributed by atoms with Crippen molar-refractivity contribution in [3.8, 4) is 0 Å². The van der Waals surface area contributed by atoms with Crippen molar-refractivity contribution in [2.75, 3.05) is 27.2 Å². The summed E-state index contributed by atoms with van der Waals surface area (Å²) in [6.07, 6.45) is 1.34. The van der Waals surface area contributed by atoms with Crippen LogP contribution in [0.4, 0.5) is 0 Å². The van der Waals surface area contributed by atoms with Gasteiger partial charge in [-0.2, -0.15) is 5.06 Å². The fourth-order valence-corrected chi connectivity index (χ4v) is 4.93. The number of piperidine rings is 1. The number of carbonyl (C=O) groups excluding carboxylic acids is 1. The summed E-state index contributed by atoms with van der Waals surface area (Å²) >= 11 is 2.28. The van der Waals surface area contributed by atoms with E-state index < -0.39 is 5.54 Å². The van der Waals surface area contributed by atoms with Crippen molar-refractivity contribution in [3.05, 3.63) is 38.2 Å². The van der Waals surface area contributed by atoms with Gasteiger partial charge in [-0.15, -0.1) is 0 Å². The maximum atomic E-state index is 13.0. The molecule has 0 aliphatic carbocycles. The number of rotatable bonds is 2. The highest BCUT2D eigenvalue weighted by atomic mass is 127. The van der Waals surface area contributed by atoms with E-state index in [2.05, 4.69) is 34.7 Å². The molecule has 0 aromatic heterocycles. The number of nitrogens with zero attached hydrogens (tertiary/aromatic N) is 2. The van der Waals surface area contributed by atoms with Gasteiger partial charge in [0.05, 0.1) is 12.7 Å². The maximum absolute atomic E-state index is 13.0. The topological polar surface area (TPSA) is 53.0 Å². The Kier molecular flexibility index (Phi) is 4.65. The predicted octanol–water partition coefficient (Wildman–Crippen LogP) is 3.05. The number of benzene rings is 1. The van der Waals surface area contributed by atoms with Crippen LogP contribution in [-0.4, -0.2) is 53.8 Å². The van der Waals surface area contributed by atoms with E-state index in [0.29, 0.717) is 31.5 Å². The van der Waals surface area contributed by atoms with Crippen molar-refractivity contribution >= 4 is 34.1 Å². The first-order valence-electron chi connectivity index (χ1n) is 8.10. The molecule has 130 valence electrons. The first-order chi connectivity index (χ1) is 11.3. The fourth-order valence-electron chi connectivity index (χ4n) is 4.00. The first-order valence-corrected chi connectivity index (χ1v) is 9.17. The van der Waals surface area contributed by atoms with Crippen LogP contribution in [0.2, 0.25) is 0 Å². The number of amides is 1. The van der Waals surface area contributed by atoms with Crippen LogP contribution in [0.3, 0.4) is 0 Å². The van der Waals surface area contributed by atoms with E-state index >= 15 is 0 Å². The normalized spacial score (nSPS) is 21.2. The second-order valence-electron chi connectivity index (χ2n) is 6.65. The summed E-state index contributed by atoms with van der Waals surface area (Å²) in [5.74, 6) is 0.129. The number of likely N-dealkylation sites (N-methyl/N-ethyl adjacent to an activating group) is 1. The summed E-state index contributed by atoms with van der Waals surface area (Å²) in [7, 11) is 3.45. The van der Waals surface area contributed by atoms with Crippen LogP contribution in [0.1, 0.15) is 29.5 Å². The number of halogens is 1. The van der Waals surface area contributed by atoms with Crippen LogP contribution in [0.15, 0.2) is 17.9 Å². The molecule has 1 N–H and O–H groups in total. The minimum Gasteiger partial charge on any atom is -0.509 e. The number of aliphatic hydroxyl groups excluding tert-OH is 1. The summed E-state index contributed by atoms with van der Waals surface area (Å²) in [4.78, 5) is 20.0. The van der Waals surface area contributed by atoms with Crippen molar-refractivity contribution < 1.29 is 14.7 Å². The van der Waals surface area contributed by atoms with Crippen molar-refractivity contribution in [3.63, 3.8) is 0 Å². The van der Waals surface area contributed by atoms with Gasteiger partial charge in [0, 0.05) is 23.7 Å². The zero-order valence-electron chi connectivity index (χ0n) is 14.5. The number of aryl methyl sites for hydroxylation is 2. The summed E-state index contributed by atoms with van der Waals surface area (Å²) in [6, 6.07) is 4.10. The Morgan fingerprint density at radius 1 is 1.21 bits per heavy atom. The summed E-state index contributed by atoms with van der Waals surface area (Å²) in [5, 5.41) is 13.0. The van der Waals surface area contributed by atoms with Gasteiger partial charge < -0.3 is 14.8 Å². The van der Waals surface area contributed by atoms with Crippen LogP contribution in [0.5, 0.6) is 0 Å². The van der Waals surface area contributed by atoms with Gasteiger partial charge in [0.1, 0.15) is 11.3 Å². The zero-order chi connectivity index (χ0) is 17.6. The van der Waals surface area contributed by atoms with E-state index in [1.54, 1.807) is 19.1 Å². The van der Waals surface area contributed by atoms with Crippen molar-refractivity contribution in [1.82, 2.24) is 9.96 Å². The molecule has 6 heteroatoms. The number of hydroxylamine groups is 2. The molecule has 1 aromatic carbocycles. The molecule has 0 radical (unpaired) electrons. The molecular weight excluding hydrogens is 419 g/mol. The molecule has 1 aromatic rings. The van der Waals surface area contributed by atoms with E-state index in [9.17, 15) is 9.90 Å². The summed E-state index contributed by atoms with van der Waals surface area (Å²) in [6.45, 7) is 5.37. The Balaban J connectivity index is 2.10. The molecule has 1 spiro atoms. The van der Waals surface area contributed by atoms with E-state index in [-0.39, 0.29) is 11.7 Å². The molecule has 1 saturated heterocycles. The highest BCUT2D eigenvalue weighted by Gasteiger charge is 2.52. The molecule has 2 aliphatic rings. The van der Waals surface area contributed by atoms with Crippen molar-refractivity contribution in [2.24, 2.45) is 0 Å². The molecule has 5 nitrogen and oxygen atoms in total. The average molecular weight is 442 g/mol. The van der Waals surface area contributed by atoms with E-state index in [1.807, 2.05) is 18.9 Å². The molecule has 0 saturated carbocycles. The number of carbonyl (C=O) groups is 1. The monoisotopic (exact) mass is 442 g/mol. The third-order valence-electron chi connectivity index (χ3n) is 5.39. The molecule has 1 amide bonds. The van der Waals surface area contributed by atoms with Gasteiger partial charge in [-0.1, -0.05) is 0 Å². The van der Waals surface area contributed by atoms with E-state index in [1.165, 1.54) is 0 Å². The summed E-state index contributed by atoms with van der Waals surface area (Å²) < 4.78 is 1.13. The quantitative estimate of drug-likeness (QED) is 0.716. The predicted molar refractivity (Wildman–Crippen MR) is 101 cm³/mol. The van der Waals surface area contributed by atoms with Crippen LogP contribution >= 0.6 is 22.6 Å². The molecular formula is C18H23IN2O3. The number of aliphatic hydroxyl groups is 1. The van der Waals surface area contributed by atoms with Crippen LogP contribution < -0.4 is 0 Å². The van der Waals surface area contributed by atoms with Gasteiger partial charge in [0.15, 0.2) is 0 Å². The Morgan fingerprint density at radius 2 is 1.75 bits per heavy atom. The zero-order valence-corrected chi connectivity index (χ0v) is 16.7. The lowest BCUT2D eigenvalue weighted by molar-refractivity contribution is -0.162. The highest BCUT2D eigenvalue weighted by Crippen LogP contribution is 2.45. The number of hydrogen-bond donors (Lipinski definition) is 1. The average Bonchev–Trinajstić information content (AvgIpc) is 2.71. The number of hydrogen-bond acceptors (Lipinski definition) is 4. The lowest BCUT2D eigenvalue weighted by Crippen LogP contribution is -2.53. The molecule has 1 fully saturated rings. The van der Waals surface area contributed by atoms with E-state index in [0.717, 1.165) is 20.3 Å². The third kappa shape index (κ3) is 2.55. The second kappa shape index (κ2) is 6.31. The Hall–Kier alpha value is -1.12. The lowest BCUT2D eigenvalue weighted by atomic mass is 9.84. The second-order valence-corrected chi connectivity index (χ2v) is 7.89. The minimum atomic E-state index is -0.608. The molecule has 0 atom stereocenters. The summed E-state index contributed by atoms with van der Waals surface area (Å²) in [5.41, 5.74) is 2.78. The lowest BCUT2D eigenvalue weighted by Gasteiger charge is -2.42. The standard InChI is InChI=1S/C18H23IN2O3/c1-11-9-13(19)10-12(2)14(11)15-16(22)18(20(3)17(15)23)5-7-21(24-4)8-6-18/h9-10,22H,5-8H2,1-4H3. The highest BCUT2D eigenvalue weighted by molar-refractivity contribution is 14.1. The van der Waals surface area contributed by atoms with Gasteiger partial charge in [0.2, 0.25) is 0 Å². The Bertz CT molecular complexity index is 698. The molecule has 0 unspecified atom stereocenters. The fraction of sp³-hybridized carbons (Fsp3) is 0.500. The van der Waals surface area contributed by atoms with Crippen molar-refractivity contribution in [2.45, 2.75) is 32.2 Å². The SMILES string of the molecule is CON1CCC2(CC1)C(O)=C(c1c(C)cc(I)cc1C)C(=O)N2C. The Labute approximate surface area is 156 Å². The molecule has 0 bridgehead atoms. The van der Waals surface area contributed by atoms with Gasteiger partial charge in [-0.25, -0.2) is 0 Å². The third-order valence-corrected chi connectivity index (χ3v) is 6.02. The van der Waals surface area contributed by atoms with Crippen LogP contribution in [-0.2, 0) is 9.63 Å².